The lowest BCUT2D eigenvalue weighted by atomic mass is 10.1. The fourth-order valence-electron chi connectivity index (χ4n) is 0.865. The van der Waals surface area contributed by atoms with E-state index in [1.807, 2.05) is 5.92 Å². The summed E-state index contributed by atoms with van der Waals surface area (Å²) in [6.45, 7) is 1.60. The zero-order valence-electron chi connectivity index (χ0n) is 6.97. The van der Waals surface area contributed by atoms with E-state index < -0.39 is 11.8 Å². The van der Waals surface area contributed by atoms with Gasteiger partial charge in [-0.05, 0) is 18.6 Å². The van der Waals surface area contributed by atoms with Gasteiger partial charge in [0.1, 0.15) is 5.82 Å². The quantitative estimate of drug-likeness (QED) is 0.612. The van der Waals surface area contributed by atoms with Crippen molar-refractivity contribution < 1.29 is 14.3 Å². The molecule has 0 heterocycles. The van der Waals surface area contributed by atoms with Crippen molar-refractivity contribution in [1.82, 2.24) is 0 Å². The van der Waals surface area contributed by atoms with Crippen molar-refractivity contribution in [3.63, 3.8) is 0 Å². The van der Waals surface area contributed by atoms with E-state index in [1.165, 1.54) is 6.07 Å². The van der Waals surface area contributed by atoms with Crippen LogP contribution >= 0.6 is 0 Å². The highest BCUT2D eigenvalue weighted by Crippen LogP contribution is 2.09. The van der Waals surface area contributed by atoms with E-state index in [0.29, 0.717) is 5.56 Å². The average Bonchev–Trinajstić information content (AvgIpc) is 2.07. The predicted octanol–water partition coefficient (Wildman–Crippen LogP) is 1.57. The van der Waals surface area contributed by atoms with Gasteiger partial charge >= 0.3 is 5.97 Å². The van der Waals surface area contributed by atoms with Gasteiger partial charge < -0.3 is 5.11 Å². The molecule has 0 aromatic heterocycles. The summed E-state index contributed by atoms with van der Waals surface area (Å²) in [7, 11) is 0. The third kappa shape index (κ3) is 2.31. The molecule has 1 N–H and O–H groups in total. The second-order valence-corrected chi connectivity index (χ2v) is 2.49. The minimum absolute atomic E-state index is 0.113. The SMILES string of the molecule is Cc1cccc(C#CC(=O)O)c1F. The topological polar surface area (TPSA) is 37.3 Å². The molecule has 1 rings (SSSR count). The largest absolute Gasteiger partial charge is 0.472 e. The monoisotopic (exact) mass is 178 g/mol. The Hall–Kier alpha value is -1.82. The van der Waals surface area contributed by atoms with E-state index in [9.17, 15) is 9.18 Å². The van der Waals surface area contributed by atoms with Crippen LogP contribution in [0.1, 0.15) is 11.1 Å². The molecule has 0 unspecified atom stereocenters. The van der Waals surface area contributed by atoms with Gasteiger partial charge in [-0.3, -0.25) is 0 Å². The number of hydrogen-bond acceptors (Lipinski definition) is 1. The second kappa shape index (κ2) is 3.72. The van der Waals surface area contributed by atoms with Gasteiger partial charge in [-0.15, -0.1) is 0 Å². The maximum atomic E-state index is 13.2. The molecule has 0 saturated heterocycles. The Morgan fingerprint density at radius 1 is 1.54 bits per heavy atom. The number of aliphatic carboxylic acids is 1. The molecule has 0 aliphatic rings. The first kappa shape index (κ1) is 9.27. The molecule has 0 radical (unpaired) electrons. The maximum absolute atomic E-state index is 13.2. The van der Waals surface area contributed by atoms with Crippen LogP contribution in [0.25, 0.3) is 0 Å². The first-order chi connectivity index (χ1) is 6.11. The van der Waals surface area contributed by atoms with Crippen LogP contribution in [0.5, 0.6) is 0 Å². The molecule has 1 aromatic rings. The smallest absolute Gasteiger partial charge is 0.382 e. The molecule has 0 atom stereocenters. The number of benzene rings is 1. The van der Waals surface area contributed by atoms with E-state index in [1.54, 1.807) is 19.1 Å². The lowest BCUT2D eigenvalue weighted by Crippen LogP contribution is -1.90. The number of carboxylic acid groups (broad SMARTS) is 1. The van der Waals surface area contributed by atoms with E-state index in [4.69, 9.17) is 5.11 Å². The number of rotatable bonds is 0. The summed E-state index contributed by atoms with van der Waals surface area (Å²) in [4.78, 5) is 10.1. The van der Waals surface area contributed by atoms with Crippen LogP contribution in [-0.2, 0) is 4.79 Å². The first-order valence-corrected chi connectivity index (χ1v) is 3.61. The predicted molar refractivity (Wildman–Crippen MR) is 45.7 cm³/mol. The van der Waals surface area contributed by atoms with Gasteiger partial charge in [-0.1, -0.05) is 18.1 Å². The molecule has 0 aliphatic carbocycles. The molecule has 3 heteroatoms. The minimum Gasteiger partial charge on any atom is -0.472 e. The first-order valence-electron chi connectivity index (χ1n) is 3.61. The minimum atomic E-state index is -1.26. The molecule has 13 heavy (non-hydrogen) atoms. The molecule has 2 nitrogen and oxygen atoms in total. The zero-order valence-corrected chi connectivity index (χ0v) is 6.97. The molecule has 0 amide bonds. The highest BCUT2D eigenvalue weighted by molar-refractivity contribution is 5.87. The van der Waals surface area contributed by atoms with E-state index in [2.05, 4.69) is 5.92 Å². The van der Waals surface area contributed by atoms with Gasteiger partial charge in [0.2, 0.25) is 0 Å². The van der Waals surface area contributed by atoms with E-state index in [-0.39, 0.29) is 5.56 Å². The molecule has 1 aromatic carbocycles. The Balaban J connectivity index is 3.11. The van der Waals surface area contributed by atoms with Gasteiger partial charge in [0.15, 0.2) is 0 Å². The van der Waals surface area contributed by atoms with Crippen LogP contribution in [0.3, 0.4) is 0 Å². The fourth-order valence-corrected chi connectivity index (χ4v) is 0.865. The van der Waals surface area contributed by atoms with Crippen LogP contribution in [0.2, 0.25) is 0 Å². The summed E-state index contributed by atoms with van der Waals surface area (Å²) in [5, 5.41) is 8.24. The number of halogens is 1. The van der Waals surface area contributed by atoms with Crippen molar-refractivity contribution >= 4 is 5.97 Å². The summed E-state index contributed by atoms with van der Waals surface area (Å²) in [5.41, 5.74) is 0.569. The van der Waals surface area contributed by atoms with E-state index in [0.717, 1.165) is 0 Å². The van der Waals surface area contributed by atoms with Crippen LogP contribution < -0.4 is 0 Å². The standard InChI is InChI=1S/C10H7FO2/c1-7-3-2-4-8(10(7)11)5-6-9(12)13/h2-4H,1H3,(H,12,13). The fraction of sp³-hybridized carbons (Fsp3) is 0.100. The number of carboxylic acids is 1. The van der Waals surface area contributed by atoms with Crippen molar-refractivity contribution in [3.05, 3.63) is 35.1 Å². The van der Waals surface area contributed by atoms with Crippen LogP contribution in [0, 0.1) is 24.6 Å². The number of hydrogen-bond donors (Lipinski definition) is 1. The highest BCUT2D eigenvalue weighted by Gasteiger charge is 2.00. The summed E-state index contributed by atoms with van der Waals surface area (Å²) in [6.07, 6.45) is 0. The normalized spacial score (nSPS) is 8.77. The summed E-state index contributed by atoms with van der Waals surface area (Å²) in [6, 6.07) is 4.67. The molecule has 0 bridgehead atoms. The number of carbonyl (C=O) groups is 1. The zero-order chi connectivity index (χ0) is 9.84. The summed E-state index contributed by atoms with van der Waals surface area (Å²) in [5.74, 6) is 2.36. The van der Waals surface area contributed by atoms with Crippen molar-refractivity contribution in [2.24, 2.45) is 0 Å². The Bertz CT molecular complexity index is 399. The lowest BCUT2D eigenvalue weighted by Gasteiger charge is -1.96. The van der Waals surface area contributed by atoms with Crippen molar-refractivity contribution in [2.45, 2.75) is 6.92 Å². The van der Waals surface area contributed by atoms with Gasteiger partial charge in [0.05, 0.1) is 5.56 Å². The molecular formula is C10H7FO2. The van der Waals surface area contributed by atoms with Gasteiger partial charge in [0, 0.05) is 5.92 Å². The van der Waals surface area contributed by atoms with Gasteiger partial charge in [0.25, 0.3) is 0 Å². The van der Waals surface area contributed by atoms with Crippen LogP contribution in [0.15, 0.2) is 18.2 Å². The van der Waals surface area contributed by atoms with Crippen molar-refractivity contribution in [2.75, 3.05) is 0 Å². The third-order valence-electron chi connectivity index (χ3n) is 1.50. The lowest BCUT2D eigenvalue weighted by molar-refractivity contribution is -0.130. The van der Waals surface area contributed by atoms with Crippen molar-refractivity contribution in [1.29, 1.82) is 0 Å². The Morgan fingerprint density at radius 3 is 2.85 bits per heavy atom. The maximum Gasteiger partial charge on any atom is 0.382 e. The van der Waals surface area contributed by atoms with E-state index >= 15 is 0 Å². The Labute approximate surface area is 75.0 Å². The molecular weight excluding hydrogens is 171 g/mol. The molecule has 0 saturated carbocycles. The highest BCUT2D eigenvalue weighted by atomic mass is 19.1. The number of aryl methyl sites for hydroxylation is 1. The van der Waals surface area contributed by atoms with Gasteiger partial charge in [-0.25, -0.2) is 9.18 Å². The summed E-state index contributed by atoms with van der Waals surface area (Å²) < 4.78 is 13.2. The molecule has 0 spiro atoms. The summed E-state index contributed by atoms with van der Waals surface area (Å²) >= 11 is 0. The van der Waals surface area contributed by atoms with Crippen molar-refractivity contribution in [3.8, 4) is 11.8 Å². The third-order valence-corrected chi connectivity index (χ3v) is 1.50. The second-order valence-electron chi connectivity index (χ2n) is 2.49. The molecule has 0 aliphatic heterocycles. The average molecular weight is 178 g/mol. The Kier molecular flexibility index (Phi) is 2.65. The van der Waals surface area contributed by atoms with Gasteiger partial charge in [-0.2, -0.15) is 0 Å². The Morgan fingerprint density at radius 2 is 2.23 bits per heavy atom. The van der Waals surface area contributed by atoms with Crippen LogP contribution in [0.4, 0.5) is 4.39 Å². The van der Waals surface area contributed by atoms with Crippen LogP contribution in [-0.4, -0.2) is 11.1 Å². The molecule has 66 valence electrons. The molecule has 0 fully saturated rings.